The van der Waals surface area contributed by atoms with Gasteiger partial charge in [0.05, 0.1) is 46.4 Å². The van der Waals surface area contributed by atoms with Crippen LogP contribution < -0.4 is 5.73 Å². The number of primary amides is 1. The molecule has 0 spiro atoms. The number of nitrogens with zero attached hydrogens (tertiary/aromatic N) is 2. The van der Waals surface area contributed by atoms with Crippen LogP contribution >= 0.6 is 0 Å². The van der Waals surface area contributed by atoms with Gasteiger partial charge in [0, 0.05) is 5.56 Å². The zero-order chi connectivity index (χ0) is 27.7. The molecule has 1 amide bonds. The number of fused-ring (bicyclic) bond motifs is 1. The molecule has 8 nitrogen and oxygen atoms in total. The summed E-state index contributed by atoms with van der Waals surface area (Å²) in [6.07, 6.45) is -4.04. The van der Waals surface area contributed by atoms with Crippen molar-refractivity contribution in [2.45, 2.75) is 62.4 Å². The fourth-order valence-corrected chi connectivity index (χ4v) is 5.78. The average Bonchev–Trinajstić information content (AvgIpc) is 3.25. The van der Waals surface area contributed by atoms with Gasteiger partial charge >= 0.3 is 6.18 Å². The number of aromatic nitrogens is 2. The third-order valence-electron chi connectivity index (χ3n) is 7.12. The maximum Gasteiger partial charge on any atom is 0.391 e. The first-order valence-corrected chi connectivity index (χ1v) is 14.0. The molecule has 1 atom stereocenters. The summed E-state index contributed by atoms with van der Waals surface area (Å²) in [6.45, 7) is 1.17. The Balaban J connectivity index is 1.66. The monoisotopic (exact) mass is 553 g/mol. The minimum Gasteiger partial charge on any atom is -0.394 e. The van der Waals surface area contributed by atoms with Gasteiger partial charge < -0.3 is 20.1 Å². The lowest BCUT2D eigenvalue weighted by molar-refractivity contribution is -0.188. The average molecular weight is 554 g/mol. The Morgan fingerprint density at radius 1 is 1.16 bits per heavy atom. The van der Waals surface area contributed by atoms with Crippen molar-refractivity contribution < 1.29 is 36.2 Å². The number of amides is 1. The van der Waals surface area contributed by atoms with E-state index in [1.807, 2.05) is 0 Å². The smallest absolute Gasteiger partial charge is 0.391 e. The van der Waals surface area contributed by atoms with Gasteiger partial charge in [-0.2, -0.15) is 13.2 Å². The summed E-state index contributed by atoms with van der Waals surface area (Å²) in [5, 5.41) is 10.4. The van der Waals surface area contributed by atoms with Crippen molar-refractivity contribution in [3.8, 4) is 0 Å². The SMILES string of the molecule is CCS(=O)(=O)c1ccc([C@H](CO)n2c(COC3CCC(C(F)(F)F)CC3)nc3cc(C(N)=O)ccc32)cc1. The van der Waals surface area contributed by atoms with Crippen molar-refractivity contribution in [2.75, 3.05) is 12.4 Å². The van der Waals surface area contributed by atoms with Gasteiger partial charge in [-0.25, -0.2) is 13.4 Å². The van der Waals surface area contributed by atoms with Gasteiger partial charge in [-0.15, -0.1) is 0 Å². The fraction of sp³-hybridized carbons (Fsp3) is 0.462. The van der Waals surface area contributed by atoms with Gasteiger partial charge in [-0.1, -0.05) is 19.1 Å². The van der Waals surface area contributed by atoms with Crippen LogP contribution in [0, 0.1) is 5.92 Å². The molecule has 206 valence electrons. The van der Waals surface area contributed by atoms with E-state index in [0.29, 0.717) is 22.4 Å². The molecule has 0 saturated heterocycles. The summed E-state index contributed by atoms with van der Waals surface area (Å²) < 4.78 is 71.3. The van der Waals surface area contributed by atoms with Crippen molar-refractivity contribution in [3.05, 3.63) is 59.4 Å². The van der Waals surface area contributed by atoms with Crippen molar-refractivity contribution in [3.63, 3.8) is 0 Å². The molecule has 3 aromatic rings. The number of imidazole rings is 1. The van der Waals surface area contributed by atoms with Gasteiger partial charge in [0.25, 0.3) is 0 Å². The van der Waals surface area contributed by atoms with Crippen LogP contribution in [-0.2, 0) is 21.2 Å². The van der Waals surface area contributed by atoms with E-state index in [9.17, 15) is 31.5 Å². The lowest BCUT2D eigenvalue weighted by atomic mass is 9.87. The molecule has 12 heteroatoms. The third kappa shape index (κ3) is 5.87. The minimum absolute atomic E-state index is 0.00115. The Morgan fingerprint density at radius 3 is 2.37 bits per heavy atom. The Kier molecular flexibility index (Phi) is 8.15. The van der Waals surface area contributed by atoms with Crippen LogP contribution in [0.3, 0.4) is 0 Å². The van der Waals surface area contributed by atoms with E-state index in [-0.39, 0.29) is 61.2 Å². The van der Waals surface area contributed by atoms with Crippen LogP contribution in [-0.4, -0.2) is 53.6 Å². The van der Waals surface area contributed by atoms with Gasteiger partial charge in [-0.05, 0) is 61.6 Å². The number of aliphatic hydroxyl groups excluding tert-OH is 1. The molecule has 0 unspecified atom stereocenters. The van der Waals surface area contributed by atoms with Crippen molar-refractivity contribution in [1.82, 2.24) is 9.55 Å². The van der Waals surface area contributed by atoms with E-state index in [1.165, 1.54) is 24.3 Å². The van der Waals surface area contributed by atoms with E-state index in [1.54, 1.807) is 29.7 Å². The molecule has 1 saturated carbocycles. The number of halogens is 3. The van der Waals surface area contributed by atoms with Gasteiger partial charge in [0.15, 0.2) is 9.84 Å². The Bertz CT molecular complexity index is 1400. The van der Waals surface area contributed by atoms with Crippen LogP contribution in [0.1, 0.15) is 60.4 Å². The van der Waals surface area contributed by atoms with Crippen LogP contribution in [0.25, 0.3) is 11.0 Å². The summed E-state index contributed by atoms with van der Waals surface area (Å²) in [4.78, 5) is 16.5. The van der Waals surface area contributed by atoms with E-state index < -0.39 is 33.9 Å². The maximum absolute atomic E-state index is 13.0. The van der Waals surface area contributed by atoms with E-state index in [2.05, 4.69) is 4.98 Å². The molecule has 1 aliphatic rings. The number of alkyl halides is 3. The zero-order valence-electron chi connectivity index (χ0n) is 20.8. The summed E-state index contributed by atoms with van der Waals surface area (Å²) in [5.74, 6) is -1.59. The number of aliphatic hydroxyl groups is 1. The lowest BCUT2D eigenvalue weighted by Gasteiger charge is -2.30. The first-order valence-electron chi connectivity index (χ1n) is 12.4. The number of carbonyl (C=O) groups excluding carboxylic acids is 1. The standard InChI is InChI=1S/C26H30F3N3O5S/c1-2-38(35,36)20-10-3-16(4-11-20)23(14-33)32-22-12-5-17(25(30)34)13-21(22)31-24(32)15-37-19-8-6-18(7-9-19)26(27,28)29/h3-5,10-13,18-19,23,33H,2,6-9,14-15H2,1H3,(H2,30,34)/t18?,19?,23-/m0/s1. The second kappa shape index (κ2) is 11.0. The highest BCUT2D eigenvalue weighted by Crippen LogP contribution is 2.38. The van der Waals surface area contributed by atoms with Gasteiger partial charge in [0.2, 0.25) is 5.91 Å². The minimum atomic E-state index is -4.21. The molecule has 4 rings (SSSR count). The van der Waals surface area contributed by atoms with Crippen LogP contribution in [0.5, 0.6) is 0 Å². The molecule has 2 aromatic carbocycles. The topological polar surface area (TPSA) is 125 Å². The van der Waals surface area contributed by atoms with E-state index >= 15 is 0 Å². The van der Waals surface area contributed by atoms with Gasteiger partial charge in [-0.3, -0.25) is 4.79 Å². The maximum atomic E-state index is 13.0. The molecule has 1 heterocycles. The summed E-state index contributed by atoms with van der Waals surface area (Å²) in [5.41, 5.74) is 7.30. The molecule has 0 bridgehead atoms. The largest absolute Gasteiger partial charge is 0.394 e. The lowest BCUT2D eigenvalue weighted by Crippen LogP contribution is -2.30. The second-order valence-corrected chi connectivity index (χ2v) is 11.7. The number of sulfone groups is 1. The molecule has 38 heavy (non-hydrogen) atoms. The summed E-state index contributed by atoms with van der Waals surface area (Å²) >= 11 is 0. The highest BCUT2D eigenvalue weighted by Gasteiger charge is 2.41. The summed E-state index contributed by atoms with van der Waals surface area (Å²) in [7, 11) is -3.41. The van der Waals surface area contributed by atoms with Crippen LogP contribution in [0.4, 0.5) is 13.2 Å². The fourth-order valence-electron chi connectivity index (χ4n) is 4.90. The molecular formula is C26H30F3N3O5S. The molecule has 1 fully saturated rings. The predicted molar refractivity (Wildman–Crippen MR) is 134 cm³/mol. The molecule has 1 aliphatic carbocycles. The Hall–Kier alpha value is -2.96. The number of nitrogens with two attached hydrogens (primary N) is 1. The third-order valence-corrected chi connectivity index (χ3v) is 8.87. The van der Waals surface area contributed by atoms with E-state index in [0.717, 1.165) is 0 Å². The Morgan fingerprint density at radius 2 is 1.82 bits per heavy atom. The number of carbonyl (C=O) groups is 1. The quantitative estimate of drug-likeness (QED) is 0.410. The number of rotatable bonds is 9. The highest BCUT2D eigenvalue weighted by molar-refractivity contribution is 7.91. The molecule has 3 N–H and O–H groups in total. The molecule has 0 radical (unpaired) electrons. The van der Waals surface area contributed by atoms with Crippen LogP contribution in [0.15, 0.2) is 47.4 Å². The first-order chi connectivity index (χ1) is 17.9. The van der Waals surface area contributed by atoms with Crippen molar-refractivity contribution >= 4 is 26.8 Å². The van der Waals surface area contributed by atoms with Gasteiger partial charge in [0.1, 0.15) is 12.4 Å². The number of ether oxygens (including phenoxy) is 1. The number of benzene rings is 2. The molecular weight excluding hydrogens is 523 g/mol. The highest BCUT2D eigenvalue weighted by atomic mass is 32.2. The number of hydrogen-bond donors (Lipinski definition) is 2. The van der Waals surface area contributed by atoms with Crippen LogP contribution in [0.2, 0.25) is 0 Å². The molecule has 0 aliphatic heterocycles. The summed E-state index contributed by atoms with van der Waals surface area (Å²) in [6, 6.07) is 10.3. The predicted octanol–water partition coefficient (Wildman–Crippen LogP) is 4.15. The van der Waals surface area contributed by atoms with E-state index in [4.69, 9.17) is 10.5 Å². The Labute approximate surface area is 218 Å². The van der Waals surface area contributed by atoms with Crippen molar-refractivity contribution in [2.24, 2.45) is 11.7 Å². The van der Waals surface area contributed by atoms with Crippen molar-refractivity contribution in [1.29, 1.82) is 0 Å². The molecule has 1 aromatic heterocycles. The zero-order valence-corrected chi connectivity index (χ0v) is 21.6. The first kappa shape index (κ1) is 28.1. The second-order valence-electron chi connectivity index (χ2n) is 9.46. The number of hydrogen-bond acceptors (Lipinski definition) is 6. The normalized spacial score (nSPS) is 19.5.